The number of ether oxygens (including phenoxy) is 1. The minimum absolute atomic E-state index is 0.355. The lowest BCUT2D eigenvalue weighted by atomic mass is 10.2. The van der Waals surface area contributed by atoms with Crippen molar-refractivity contribution in [2.45, 2.75) is 19.4 Å². The molecule has 0 saturated carbocycles. The Balaban J connectivity index is 1.60. The van der Waals surface area contributed by atoms with Crippen molar-refractivity contribution < 1.29 is 4.74 Å². The molecule has 1 saturated heterocycles. The van der Waals surface area contributed by atoms with E-state index in [9.17, 15) is 0 Å². The number of hydrogen-bond donors (Lipinski definition) is 1. The van der Waals surface area contributed by atoms with Gasteiger partial charge in [-0.1, -0.05) is 6.92 Å². The first-order valence-electron chi connectivity index (χ1n) is 6.57. The highest BCUT2D eigenvalue weighted by Crippen LogP contribution is 2.22. The van der Waals surface area contributed by atoms with Gasteiger partial charge < -0.3 is 10.1 Å². The topological polar surface area (TPSA) is 24.5 Å². The molecule has 0 bridgehead atoms. The summed E-state index contributed by atoms with van der Waals surface area (Å²) in [5, 5.41) is 3.50. The summed E-state index contributed by atoms with van der Waals surface area (Å²) in [6, 6.07) is 4.30. The van der Waals surface area contributed by atoms with E-state index in [0.717, 1.165) is 45.8 Å². The van der Waals surface area contributed by atoms with E-state index in [1.54, 1.807) is 0 Å². The zero-order chi connectivity index (χ0) is 12.8. The second kappa shape index (κ2) is 7.60. The number of nitrogens with one attached hydrogen (secondary N) is 1. The van der Waals surface area contributed by atoms with Gasteiger partial charge in [0.05, 0.1) is 16.5 Å². The first-order valence-corrected chi connectivity index (χ1v) is 8.17. The van der Waals surface area contributed by atoms with Crippen LogP contribution in [0.2, 0.25) is 0 Å². The molecule has 5 heteroatoms. The van der Waals surface area contributed by atoms with E-state index in [-0.39, 0.29) is 0 Å². The van der Waals surface area contributed by atoms with Gasteiger partial charge in [-0.25, -0.2) is 0 Å². The summed E-state index contributed by atoms with van der Waals surface area (Å²) >= 11 is 5.31. The normalized spacial score (nSPS) is 21.3. The lowest BCUT2D eigenvalue weighted by Crippen LogP contribution is -2.46. The van der Waals surface area contributed by atoms with Crippen molar-refractivity contribution >= 4 is 27.3 Å². The predicted octanol–water partition coefficient (Wildman–Crippen LogP) is 2.36. The maximum absolute atomic E-state index is 5.76. The average Bonchev–Trinajstić information content (AvgIpc) is 2.81. The fraction of sp³-hybridized carbons (Fsp3) is 0.692. The molecule has 18 heavy (non-hydrogen) atoms. The summed E-state index contributed by atoms with van der Waals surface area (Å²) < 4.78 is 6.97. The van der Waals surface area contributed by atoms with E-state index in [1.807, 2.05) is 11.3 Å². The van der Waals surface area contributed by atoms with Crippen LogP contribution in [-0.4, -0.2) is 50.3 Å². The number of hydrogen-bond acceptors (Lipinski definition) is 4. The van der Waals surface area contributed by atoms with Crippen molar-refractivity contribution in [2.75, 3.05) is 39.3 Å². The second-order valence-corrected chi connectivity index (χ2v) is 7.09. The van der Waals surface area contributed by atoms with Crippen LogP contribution in [-0.2, 0) is 11.2 Å². The lowest BCUT2D eigenvalue weighted by Gasteiger charge is -2.32. The first kappa shape index (κ1) is 14.5. The van der Waals surface area contributed by atoms with Crippen LogP contribution >= 0.6 is 27.3 Å². The standard InChI is InChI=1S/C13H21BrN2OS/c1-2-16-7-8-17-11(10-16)9-15-6-5-12-3-4-13(14)18-12/h3-4,11,15H,2,5-10H2,1H3. The molecule has 1 aliphatic heterocycles. The SMILES string of the molecule is CCN1CCOC(CNCCc2ccc(Br)s2)C1. The Morgan fingerprint density at radius 3 is 3.17 bits per heavy atom. The zero-order valence-corrected chi connectivity index (χ0v) is 13.2. The highest BCUT2D eigenvalue weighted by Gasteiger charge is 2.18. The summed E-state index contributed by atoms with van der Waals surface area (Å²) in [5.74, 6) is 0. The Hall–Kier alpha value is 0.0600. The number of thiophene rings is 1. The highest BCUT2D eigenvalue weighted by molar-refractivity contribution is 9.11. The van der Waals surface area contributed by atoms with E-state index in [4.69, 9.17) is 4.74 Å². The van der Waals surface area contributed by atoms with Crippen molar-refractivity contribution in [3.05, 3.63) is 20.8 Å². The molecule has 0 radical (unpaired) electrons. The third-order valence-electron chi connectivity index (χ3n) is 3.22. The summed E-state index contributed by atoms with van der Waals surface area (Å²) in [6.45, 7) is 8.35. The Kier molecular flexibility index (Phi) is 6.11. The molecule has 0 aliphatic carbocycles. The molecule has 0 amide bonds. The summed E-state index contributed by atoms with van der Waals surface area (Å²) in [7, 11) is 0. The van der Waals surface area contributed by atoms with Crippen molar-refractivity contribution in [3.8, 4) is 0 Å². The molecule has 1 atom stereocenters. The van der Waals surface area contributed by atoms with E-state index in [2.05, 4.69) is 45.2 Å². The summed E-state index contributed by atoms with van der Waals surface area (Å²) in [5.41, 5.74) is 0. The van der Waals surface area contributed by atoms with Crippen LogP contribution in [0.4, 0.5) is 0 Å². The molecule has 3 nitrogen and oxygen atoms in total. The van der Waals surface area contributed by atoms with Crippen LogP contribution in [0.1, 0.15) is 11.8 Å². The van der Waals surface area contributed by atoms with E-state index in [0.29, 0.717) is 6.10 Å². The van der Waals surface area contributed by atoms with Crippen LogP contribution in [0.3, 0.4) is 0 Å². The third kappa shape index (κ3) is 4.63. The largest absolute Gasteiger partial charge is 0.374 e. The van der Waals surface area contributed by atoms with Crippen molar-refractivity contribution in [3.63, 3.8) is 0 Å². The van der Waals surface area contributed by atoms with Crippen LogP contribution in [0.5, 0.6) is 0 Å². The number of rotatable bonds is 6. The molecule has 1 aromatic heterocycles. The van der Waals surface area contributed by atoms with E-state index in [1.165, 1.54) is 8.66 Å². The predicted molar refractivity (Wildman–Crippen MR) is 80.4 cm³/mol. The number of halogens is 1. The maximum atomic E-state index is 5.76. The van der Waals surface area contributed by atoms with Crippen LogP contribution in [0, 0.1) is 0 Å². The molecular formula is C13H21BrN2OS. The van der Waals surface area contributed by atoms with Crippen LogP contribution < -0.4 is 5.32 Å². The Morgan fingerprint density at radius 1 is 1.56 bits per heavy atom. The summed E-state index contributed by atoms with van der Waals surface area (Å²) in [6.07, 6.45) is 1.45. The van der Waals surface area contributed by atoms with Crippen molar-refractivity contribution in [1.82, 2.24) is 10.2 Å². The van der Waals surface area contributed by atoms with E-state index >= 15 is 0 Å². The van der Waals surface area contributed by atoms with Gasteiger partial charge in [0.15, 0.2) is 0 Å². The molecular weight excluding hydrogens is 312 g/mol. The molecule has 1 N–H and O–H groups in total. The average molecular weight is 333 g/mol. The fourth-order valence-corrected chi connectivity index (χ4v) is 3.63. The quantitative estimate of drug-likeness (QED) is 0.809. The van der Waals surface area contributed by atoms with Gasteiger partial charge in [0.2, 0.25) is 0 Å². The highest BCUT2D eigenvalue weighted by atomic mass is 79.9. The first-order chi connectivity index (χ1) is 8.78. The van der Waals surface area contributed by atoms with E-state index < -0.39 is 0 Å². The van der Waals surface area contributed by atoms with Gasteiger partial charge in [0.25, 0.3) is 0 Å². The maximum Gasteiger partial charge on any atom is 0.0826 e. The molecule has 1 unspecified atom stereocenters. The van der Waals surface area contributed by atoms with Gasteiger partial charge in [-0.3, -0.25) is 4.90 Å². The lowest BCUT2D eigenvalue weighted by molar-refractivity contribution is -0.0251. The minimum Gasteiger partial charge on any atom is -0.374 e. The monoisotopic (exact) mass is 332 g/mol. The van der Waals surface area contributed by atoms with Crippen LogP contribution in [0.15, 0.2) is 15.9 Å². The molecule has 1 aliphatic rings. The van der Waals surface area contributed by atoms with Crippen LogP contribution in [0.25, 0.3) is 0 Å². The minimum atomic E-state index is 0.355. The fourth-order valence-electron chi connectivity index (χ4n) is 2.15. The summed E-state index contributed by atoms with van der Waals surface area (Å²) in [4.78, 5) is 3.88. The zero-order valence-electron chi connectivity index (χ0n) is 10.8. The molecule has 1 aromatic rings. The third-order valence-corrected chi connectivity index (χ3v) is 4.90. The number of nitrogens with zero attached hydrogens (tertiary/aromatic N) is 1. The molecule has 0 aromatic carbocycles. The van der Waals surface area contributed by atoms with Crippen molar-refractivity contribution in [1.29, 1.82) is 0 Å². The molecule has 0 spiro atoms. The van der Waals surface area contributed by atoms with Gasteiger partial charge >= 0.3 is 0 Å². The molecule has 1 fully saturated rings. The Labute approximate surface area is 122 Å². The van der Waals surface area contributed by atoms with Gasteiger partial charge in [0.1, 0.15) is 0 Å². The van der Waals surface area contributed by atoms with Gasteiger partial charge in [0, 0.05) is 31.1 Å². The molecule has 2 rings (SSSR count). The molecule has 2 heterocycles. The smallest absolute Gasteiger partial charge is 0.0826 e. The second-order valence-electron chi connectivity index (χ2n) is 4.55. The Morgan fingerprint density at radius 2 is 2.44 bits per heavy atom. The molecule has 102 valence electrons. The Bertz CT molecular complexity index is 359. The van der Waals surface area contributed by atoms with Gasteiger partial charge in [-0.15, -0.1) is 11.3 Å². The van der Waals surface area contributed by atoms with Gasteiger partial charge in [-0.05, 0) is 41.0 Å². The number of likely N-dealkylation sites (N-methyl/N-ethyl adjacent to an activating group) is 1. The number of morpholine rings is 1. The van der Waals surface area contributed by atoms with Gasteiger partial charge in [-0.2, -0.15) is 0 Å². The van der Waals surface area contributed by atoms with Crippen molar-refractivity contribution in [2.24, 2.45) is 0 Å².